The zero-order valence-electron chi connectivity index (χ0n) is 11.8. The Kier molecular flexibility index (Phi) is 4.21. The summed E-state index contributed by atoms with van der Waals surface area (Å²) in [7, 11) is 0. The summed E-state index contributed by atoms with van der Waals surface area (Å²) in [4.78, 5) is 12.3. The third-order valence-corrected chi connectivity index (χ3v) is 4.42. The third-order valence-electron chi connectivity index (χ3n) is 4.42. The molecule has 0 heterocycles. The van der Waals surface area contributed by atoms with Crippen molar-refractivity contribution in [3.63, 3.8) is 0 Å². The number of carbonyl (C=O) groups is 1. The predicted octanol–water partition coefficient (Wildman–Crippen LogP) is 4.24. The van der Waals surface area contributed by atoms with Gasteiger partial charge in [-0.1, -0.05) is 38.0 Å². The Morgan fingerprint density at radius 3 is 2.39 bits per heavy atom. The van der Waals surface area contributed by atoms with Crippen LogP contribution >= 0.6 is 0 Å². The van der Waals surface area contributed by atoms with E-state index >= 15 is 0 Å². The van der Waals surface area contributed by atoms with Crippen molar-refractivity contribution < 1.29 is 4.79 Å². The number of hydrogen-bond acceptors (Lipinski definition) is 1. The smallest absolute Gasteiger partial charge is 0.140 e. The highest BCUT2D eigenvalue weighted by molar-refractivity contribution is 5.83. The van der Waals surface area contributed by atoms with Crippen molar-refractivity contribution >= 4 is 5.78 Å². The first-order valence-corrected chi connectivity index (χ1v) is 7.15. The second kappa shape index (κ2) is 5.69. The molecule has 0 radical (unpaired) electrons. The van der Waals surface area contributed by atoms with Crippen LogP contribution in [-0.2, 0) is 11.2 Å². The molecule has 0 atom stereocenters. The summed E-state index contributed by atoms with van der Waals surface area (Å²) in [5.74, 6) is 1.59. The lowest BCUT2D eigenvalue weighted by Gasteiger charge is -2.25. The van der Waals surface area contributed by atoms with E-state index in [1.165, 1.54) is 29.5 Å². The predicted molar refractivity (Wildman–Crippen MR) is 75.7 cm³/mol. The van der Waals surface area contributed by atoms with E-state index in [4.69, 9.17) is 0 Å². The van der Waals surface area contributed by atoms with Crippen molar-refractivity contribution in [2.75, 3.05) is 0 Å². The quantitative estimate of drug-likeness (QED) is 0.777. The molecule has 18 heavy (non-hydrogen) atoms. The Hall–Kier alpha value is -1.11. The molecule has 1 fully saturated rings. The van der Waals surface area contributed by atoms with Crippen molar-refractivity contribution in [2.24, 2.45) is 11.8 Å². The van der Waals surface area contributed by atoms with Crippen LogP contribution in [0, 0.1) is 25.7 Å². The molecular formula is C17H24O. The summed E-state index contributed by atoms with van der Waals surface area (Å²) in [6, 6.07) is 6.39. The van der Waals surface area contributed by atoms with Gasteiger partial charge in [0.05, 0.1) is 0 Å². The molecular weight excluding hydrogens is 220 g/mol. The molecule has 0 unspecified atom stereocenters. The highest BCUT2D eigenvalue weighted by Gasteiger charge is 2.24. The molecule has 0 amide bonds. The highest BCUT2D eigenvalue weighted by Crippen LogP contribution is 2.29. The molecule has 0 aliphatic heterocycles. The summed E-state index contributed by atoms with van der Waals surface area (Å²) in [5.41, 5.74) is 3.77. The number of aryl methyl sites for hydroxylation is 2. The van der Waals surface area contributed by atoms with Crippen LogP contribution in [0.15, 0.2) is 18.2 Å². The molecule has 0 saturated heterocycles. The monoisotopic (exact) mass is 244 g/mol. The number of rotatable bonds is 3. The number of ketones is 1. The first kappa shape index (κ1) is 13.3. The number of benzene rings is 1. The molecule has 0 N–H and O–H groups in total. The van der Waals surface area contributed by atoms with Crippen molar-refractivity contribution in [3.05, 3.63) is 34.9 Å². The van der Waals surface area contributed by atoms with Gasteiger partial charge in [0.15, 0.2) is 0 Å². The van der Waals surface area contributed by atoms with Gasteiger partial charge in [-0.2, -0.15) is 0 Å². The van der Waals surface area contributed by atoms with Gasteiger partial charge in [-0.25, -0.2) is 0 Å². The van der Waals surface area contributed by atoms with Crippen LogP contribution in [0.2, 0.25) is 0 Å². The summed E-state index contributed by atoms with van der Waals surface area (Å²) < 4.78 is 0. The van der Waals surface area contributed by atoms with E-state index in [0.717, 1.165) is 18.8 Å². The Morgan fingerprint density at radius 1 is 1.11 bits per heavy atom. The van der Waals surface area contributed by atoms with Gasteiger partial charge >= 0.3 is 0 Å². The van der Waals surface area contributed by atoms with Crippen molar-refractivity contribution in [1.82, 2.24) is 0 Å². The molecule has 1 aliphatic rings. The molecule has 1 aliphatic carbocycles. The second-order valence-electron chi connectivity index (χ2n) is 6.02. The minimum atomic E-state index is 0.322. The maximum Gasteiger partial charge on any atom is 0.140 e. The first-order chi connectivity index (χ1) is 8.56. The van der Waals surface area contributed by atoms with Crippen LogP contribution in [0.1, 0.15) is 49.3 Å². The molecule has 1 aromatic rings. The van der Waals surface area contributed by atoms with E-state index in [0.29, 0.717) is 18.1 Å². The standard InChI is InChI=1S/C17H24O/c1-12-4-8-16(9-5-12)17(18)11-15-7-6-13(2)14(3)10-15/h6-7,10,12,16H,4-5,8-9,11H2,1-3H3. The van der Waals surface area contributed by atoms with Crippen LogP contribution in [-0.4, -0.2) is 5.78 Å². The minimum absolute atomic E-state index is 0.322. The fraction of sp³-hybridized carbons (Fsp3) is 0.588. The van der Waals surface area contributed by atoms with Crippen molar-refractivity contribution in [2.45, 2.75) is 52.9 Å². The Balaban J connectivity index is 1.96. The molecule has 1 aromatic carbocycles. The molecule has 1 nitrogen and oxygen atoms in total. The maximum atomic E-state index is 12.3. The number of hydrogen-bond donors (Lipinski definition) is 0. The van der Waals surface area contributed by atoms with Gasteiger partial charge in [0.2, 0.25) is 0 Å². The SMILES string of the molecule is Cc1ccc(CC(=O)C2CCC(C)CC2)cc1C. The summed E-state index contributed by atoms with van der Waals surface area (Å²) in [5, 5.41) is 0. The average Bonchev–Trinajstić information content (AvgIpc) is 2.34. The second-order valence-corrected chi connectivity index (χ2v) is 6.02. The van der Waals surface area contributed by atoms with Crippen LogP contribution in [0.5, 0.6) is 0 Å². The lowest BCUT2D eigenvalue weighted by atomic mass is 9.79. The fourth-order valence-corrected chi connectivity index (χ4v) is 2.84. The number of Topliss-reactive ketones (excluding diaryl/α,β-unsaturated/α-hetero) is 1. The van der Waals surface area contributed by atoms with E-state index in [1.807, 2.05) is 0 Å². The summed E-state index contributed by atoms with van der Waals surface area (Å²) in [6.07, 6.45) is 5.28. The van der Waals surface area contributed by atoms with E-state index in [1.54, 1.807) is 0 Å². The van der Waals surface area contributed by atoms with E-state index in [9.17, 15) is 4.79 Å². The molecule has 0 spiro atoms. The zero-order valence-corrected chi connectivity index (χ0v) is 11.8. The van der Waals surface area contributed by atoms with Gasteiger partial charge in [0.25, 0.3) is 0 Å². The summed E-state index contributed by atoms with van der Waals surface area (Å²) in [6.45, 7) is 6.53. The fourth-order valence-electron chi connectivity index (χ4n) is 2.84. The molecule has 98 valence electrons. The van der Waals surface area contributed by atoms with E-state index < -0.39 is 0 Å². The Labute approximate surface area is 111 Å². The molecule has 2 rings (SSSR count). The Bertz CT molecular complexity index is 425. The normalized spacial score (nSPS) is 23.9. The van der Waals surface area contributed by atoms with E-state index in [-0.39, 0.29) is 0 Å². The van der Waals surface area contributed by atoms with Crippen molar-refractivity contribution in [3.8, 4) is 0 Å². The average molecular weight is 244 g/mol. The third kappa shape index (κ3) is 3.22. The van der Waals surface area contributed by atoms with Crippen LogP contribution in [0.4, 0.5) is 0 Å². The van der Waals surface area contributed by atoms with Gasteiger partial charge < -0.3 is 0 Å². The van der Waals surface area contributed by atoms with Gasteiger partial charge in [-0.15, -0.1) is 0 Å². The molecule has 0 bridgehead atoms. The Morgan fingerprint density at radius 2 is 1.78 bits per heavy atom. The van der Waals surface area contributed by atoms with Crippen LogP contribution < -0.4 is 0 Å². The highest BCUT2D eigenvalue weighted by atomic mass is 16.1. The topological polar surface area (TPSA) is 17.1 Å². The van der Waals surface area contributed by atoms with Gasteiger partial charge in [0.1, 0.15) is 5.78 Å². The lowest BCUT2D eigenvalue weighted by Crippen LogP contribution is -2.22. The van der Waals surface area contributed by atoms with Crippen molar-refractivity contribution in [1.29, 1.82) is 0 Å². The molecule has 1 heteroatoms. The summed E-state index contributed by atoms with van der Waals surface area (Å²) >= 11 is 0. The van der Waals surface area contributed by atoms with Gasteiger partial charge in [0, 0.05) is 12.3 Å². The van der Waals surface area contributed by atoms with Crippen LogP contribution in [0.25, 0.3) is 0 Å². The first-order valence-electron chi connectivity index (χ1n) is 7.15. The minimum Gasteiger partial charge on any atom is -0.299 e. The largest absolute Gasteiger partial charge is 0.299 e. The maximum absolute atomic E-state index is 12.3. The number of carbonyl (C=O) groups excluding carboxylic acids is 1. The van der Waals surface area contributed by atoms with E-state index in [2.05, 4.69) is 39.0 Å². The lowest BCUT2D eigenvalue weighted by molar-refractivity contribution is -0.123. The molecule has 0 aromatic heterocycles. The van der Waals surface area contributed by atoms with Gasteiger partial charge in [-0.3, -0.25) is 4.79 Å². The van der Waals surface area contributed by atoms with Crippen LogP contribution in [0.3, 0.4) is 0 Å². The molecule has 1 saturated carbocycles. The van der Waals surface area contributed by atoms with Gasteiger partial charge in [-0.05, 0) is 49.3 Å². The zero-order chi connectivity index (χ0) is 13.1.